The van der Waals surface area contributed by atoms with Crippen LogP contribution in [0.2, 0.25) is 0 Å². The maximum atomic E-state index is 11.7. The van der Waals surface area contributed by atoms with E-state index >= 15 is 0 Å². The highest BCUT2D eigenvalue weighted by molar-refractivity contribution is 5.94. The number of hydrogen-bond acceptors (Lipinski definition) is 2. The molecule has 2 N–H and O–H groups in total. The van der Waals surface area contributed by atoms with E-state index < -0.39 is 0 Å². The first-order valence-corrected chi connectivity index (χ1v) is 5.65. The highest BCUT2D eigenvalue weighted by Gasteiger charge is 2.05. The van der Waals surface area contributed by atoms with E-state index in [-0.39, 0.29) is 18.3 Å². The summed E-state index contributed by atoms with van der Waals surface area (Å²) in [4.78, 5) is 11.7. The minimum Gasteiger partial charge on any atom is -0.352 e. The van der Waals surface area contributed by atoms with Crippen LogP contribution in [0.1, 0.15) is 29.8 Å². The first kappa shape index (κ1) is 15.9. The van der Waals surface area contributed by atoms with Crippen LogP contribution in [0, 0.1) is 5.92 Å². The average molecular weight is 257 g/mol. The van der Waals surface area contributed by atoms with Crippen molar-refractivity contribution in [3.05, 3.63) is 35.4 Å². The molecule has 1 aromatic carbocycles. The fraction of sp³-hybridized carbons (Fsp3) is 0.462. The number of carbonyl (C=O) groups is 1. The molecule has 0 heterocycles. The van der Waals surface area contributed by atoms with Crippen LogP contribution in [0.25, 0.3) is 0 Å². The Balaban J connectivity index is 0.00000256. The predicted octanol–water partition coefficient (Wildman–Crippen LogP) is 2.21. The molecular weight excluding hydrogens is 236 g/mol. The molecule has 96 valence electrons. The summed E-state index contributed by atoms with van der Waals surface area (Å²) in [6, 6.07) is 7.67. The summed E-state index contributed by atoms with van der Waals surface area (Å²) in [5.74, 6) is 0.484. The summed E-state index contributed by atoms with van der Waals surface area (Å²) in [5.41, 5.74) is 1.91. The number of carbonyl (C=O) groups excluding carboxylic acids is 1. The number of hydrogen-bond donors (Lipinski definition) is 2. The average Bonchev–Trinajstić information content (AvgIpc) is 2.27. The fourth-order valence-corrected chi connectivity index (χ4v) is 1.38. The normalized spacial score (nSPS) is 9.88. The lowest BCUT2D eigenvalue weighted by atomic mass is 10.1. The number of amides is 1. The van der Waals surface area contributed by atoms with Gasteiger partial charge in [0.25, 0.3) is 5.91 Å². The molecule has 17 heavy (non-hydrogen) atoms. The van der Waals surface area contributed by atoms with Crippen LogP contribution >= 0.6 is 12.4 Å². The van der Waals surface area contributed by atoms with Gasteiger partial charge < -0.3 is 10.6 Å². The molecule has 0 unspecified atom stereocenters. The molecule has 1 rings (SSSR count). The summed E-state index contributed by atoms with van der Waals surface area (Å²) < 4.78 is 0. The molecule has 0 radical (unpaired) electrons. The molecule has 4 heteroatoms. The highest BCUT2D eigenvalue weighted by Crippen LogP contribution is 2.04. The van der Waals surface area contributed by atoms with Crippen LogP contribution in [0.5, 0.6) is 0 Å². The maximum absolute atomic E-state index is 11.7. The molecular formula is C13H21ClN2O. The van der Waals surface area contributed by atoms with Crippen molar-refractivity contribution in [2.75, 3.05) is 13.6 Å². The third-order valence-corrected chi connectivity index (χ3v) is 2.27. The molecule has 0 bridgehead atoms. The van der Waals surface area contributed by atoms with Crippen molar-refractivity contribution in [1.29, 1.82) is 0 Å². The van der Waals surface area contributed by atoms with Gasteiger partial charge in [0.1, 0.15) is 0 Å². The molecule has 1 aromatic rings. The molecule has 0 spiro atoms. The topological polar surface area (TPSA) is 41.1 Å². The summed E-state index contributed by atoms with van der Waals surface area (Å²) >= 11 is 0. The Bertz CT molecular complexity index is 336. The molecule has 0 aliphatic heterocycles. The molecule has 0 atom stereocenters. The second-order valence-electron chi connectivity index (χ2n) is 4.33. The minimum absolute atomic E-state index is 0. The zero-order valence-corrected chi connectivity index (χ0v) is 11.4. The Hall–Kier alpha value is -1.06. The third kappa shape index (κ3) is 5.71. The van der Waals surface area contributed by atoms with Gasteiger partial charge in [0, 0.05) is 18.7 Å². The summed E-state index contributed by atoms with van der Waals surface area (Å²) in [7, 11) is 1.91. The van der Waals surface area contributed by atoms with Crippen molar-refractivity contribution in [2.45, 2.75) is 20.4 Å². The van der Waals surface area contributed by atoms with Crippen LogP contribution in [0.15, 0.2) is 24.3 Å². The molecule has 0 saturated carbocycles. The predicted molar refractivity (Wildman–Crippen MR) is 73.6 cm³/mol. The third-order valence-electron chi connectivity index (χ3n) is 2.27. The molecule has 1 amide bonds. The largest absolute Gasteiger partial charge is 0.352 e. The number of benzene rings is 1. The molecule has 0 fully saturated rings. The van der Waals surface area contributed by atoms with E-state index in [1.807, 2.05) is 31.3 Å². The van der Waals surface area contributed by atoms with Crippen molar-refractivity contribution in [3.8, 4) is 0 Å². The molecule has 0 aromatic heterocycles. The monoisotopic (exact) mass is 256 g/mol. The molecule has 0 saturated heterocycles. The van der Waals surface area contributed by atoms with Gasteiger partial charge in [-0.3, -0.25) is 4.79 Å². The van der Waals surface area contributed by atoms with Gasteiger partial charge in [0.05, 0.1) is 0 Å². The van der Waals surface area contributed by atoms with Gasteiger partial charge >= 0.3 is 0 Å². The Morgan fingerprint density at radius 1 is 1.24 bits per heavy atom. The van der Waals surface area contributed by atoms with Crippen LogP contribution in [-0.2, 0) is 6.54 Å². The number of halogens is 1. The SMILES string of the molecule is CNCc1ccc(C(=O)NCC(C)C)cc1.Cl. The molecule has 3 nitrogen and oxygen atoms in total. The van der Waals surface area contributed by atoms with Crippen molar-refractivity contribution in [3.63, 3.8) is 0 Å². The van der Waals surface area contributed by atoms with Gasteiger partial charge in [-0.2, -0.15) is 0 Å². The first-order chi connectivity index (χ1) is 7.63. The van der Waals surface area contributed by atoms with Crippen molar-refractivity contribution < 1.29 is 4.79 Å². The smallest absolute Gasteiger partial charge is 0.251 e. The second-order valence-corrected chi connectivity index (χ2v) is 4.33. The van der Waals surface area contributed by atoms with Gasteiger partial charge in [-0.05, 0) is 30.7 Å². The van der Waals surface area contributed by atoms with Gasteiger partial charge in [0.2, 0.25) is 0 Å². The standard InChI is InChI=1S/C13H20N2O.ClH/c1-10(2)8-15-13(16)12-6-4-11(5-7-12)9-14-3;/h4-7,10,14H,8-9H2,1-3H3,(H,15,16);1H. The Kier molecular flexibility index (Phi) is 7.59. The molecule has 0 aliphatic rings. The van der Waals surface area contributed by atoms with E-state index in [2.05, 4.69) is 24.5 Å². The van der Waals surface area contributed by atoms with Crippen molar-refractivity contribution >= 4 is 18.3 Å². The summed E-state index contributed by atoms with van der Waals surface area (Å²) in [6.07, 6.45) is 0. The quantitative estimate of drug-likeness (QED) is 0.848. The summed E-state index contributed by atoms with van der Waals surface area (Å²) in [6.45, 7) is 5.71. The van der Waals surface area contributed by atoms with Crippen LogP contribution in [-0.4, -0.2) is 19.5 Å². The fourth-order valence-electron chi connectivity index (χ4n) is 1.38. The van der Waals surface area contributed by atoms with Gasteiger partial charge in [-0.1, -0.05) is 26.0 Å². The first-order valence-electron chi connectivity index (χ1n) is 5.65. The highest BCUT2D eigenvalue weighted by atomic mass is 35.5. The Morgan fingerprint density at radius 3 is 2.29 bits per heavy atom. The van der Waals surface area contributed by atoms with E-state index in [4.69, 9.17) is 0 Å². The maximum Gasteiger partial charge on any atom is 0.251 e. The lowest BCUT2D eigenvalue weighted by Crippen LogP contribution is -2.27. The van der Waals surface area contributed by atoms with Crippen LogP contribution in [0.4, 0.5) is 0 Å². The van der Waals surface area contributed by atoms with Crippen molar-refractivity contribution in [1.82, 2.24) is 10.6 Å². The Morgan fingerprint density at radius 2 is 1.82 bits per heavy atom. The Labute approximate surface area is 109 Å². The number of nitrogens with one attached hydrogen (secondary N) is 2. The second kappa shape index (κ2) is 8.09. The molecule has 0 aliphatic carbocycles. The lowest BCUT2D eigenvalue weighted by molar-refractivity contribution is 0.0949. The van der Waals surface area contributed by atoms with E-state index in [9.17, 15) is 4.79 Å². The van der Waals surface area contributed by atoms with E-state index in [1.165, 1.54) is 5.56 Å². The van der Waals surface area contributed by atoms with Gasteiger partial charge in [-0.25, -0.2) is 0 Å². The van der Waals surface area contributed by atoms with Gasteiger partial charge in [0.15, 0.2) is 0 Å². The zero-order chi connectivity index (χ0) is 12.0. The van der Waals surface area contributed by atoms with Crippen LogP contribution < -0.4 is 10.6 Å². The van der Waals surface area contributed by atoms with E-state index in [1.54, 1.807) is 0 Å². The van der Waals surface area contributed by atoms with Crippen molar-refractivity contribution in [2.24, 2.45) is 5.92 Å². The summed E-state index contributed by atoms with van der Waals surface area (Å²) in [5, 5.41) is 5.97. The van der Waals surface area contributed by atoms with E-state index in [0.29, 0.717) is 5.92 Å². The lowest BCUT2D eigenvalue weighted by Gasteiger charge is -2.08. The van der Waals surface area contributed by atoms with E-state index in [0.717, 1.165) is 18.7 Å². The number of rotatable bonds is 5. The van der Waals surface area contributed by atoms with Gasteiger partial charge in [-0.15, -0.1) is 12.4 Å². The minimum atomic E-state index is 0. The zero-order valence-electron chi connectivity index (χ0n) is 10.6. The van der Waals surface area contributed by atoms with Crippen LogP contribution in [0.3, 0.4) is 0 Å².